The quantitative estimate of drug-likeness (QED) is 0.865. The first-order chi connectivity index (χ1) is 9.43. The molecule has 2 saturated heterocycles. The van der Waals surface area contributed by atoms with Crippen LogP contribution in [0.1, 0.15) is 37.3 Å². The monoisotopic (exact) mass is 262 g/mol. The summed E-state index contributed by atoms with van der Waals surface area (Å²) in [6.45, 7) is 3.86. The zero-order chi connectivity index (χ0) is 12.9. The van der Waals surface area contributed by atoms with Gasteiger partial charge in [0.15, 0.2) is 0 Å². The van der Waals surface area contributed by atoms with Crippen LogP contribution in [0.3, 0.4) is 0 Å². The molecule has 0 aliphatic carbocycles. The summed E-state index contributed by atoms with van der Waals surface area (Å²) in [7, 11) is 0. The van der Waals surface area contributed by atoms with E-state index in [9.17, 15) is 0 Å². The van der Waals surface area contributed by atoms with Crippen LogP contribution in [0.15, 0.2) is 12.4 Å². The minimum Gasteiger partial charge on any atom is -0.381 e. The third-order valence-corrected chi connectivity index (χ3v) is 4.01. The molecule has 5 nitrogen and oxygen atoms in total. The van der Waals surface area contributed by atoms with Crippen molar-refractivity contribution in [1.82, 2.24) is 15.3 Å². The van der Waals surface area contributed by atoms with Gasteiger partial charge in [0.05, 0.1) is 5.69 Å². The van der Waals surface area contributed by atoms with Crippen molar-refractivity contribution in [3.63, 3.8) is 0 Å². The Bertz CT molecular complexity index is 400. The van der Waals surface area contributed by atoms with Gasteiger partial charge in [-0.1, -0.05) is 0 Å². The van der Waals surface area contributed by atoms with E-state index in [-0.39, 0.29) is 0 Å². The van der Waals surface area contributed by atoms with Gasteiger partial charge in [-0.05, 0) is 38.8 Å². The lowest BCUT2D eigenvalue weighted by molar-refractivity contribution is 0.0903. The molecule has 0 saturated carbocycles. The van der Waals surface area contributed by atoms with Crippen LogP contribution in [-0.4, -0.2) is 42.3 Å². The molecule has 1 aromatic heterocycles. The smallest absolute Gasteiger partial charge is 0.148 e. The van der Waals surface area contributed by atoms with Gasteiger partial charge < -0.3 is 15.4 Å². The van der Waals surface area contributed by atoms with Crippen molar-refractivity contribution < 1.29 is 4.74 Å². The van der Waals surface area contributed by atoms with Crippen molar-refractivity contribution in [2.24, 2.45) is 0 Å². The van der Waals surface area contributed by atoms with Crippen molar-refractivity contribution in [2.75, 3.05) is 31.6 Å². The third-order valence-electron chi connectivity index (χ3n) is 4.01. The van der Waals surface area contributed by atoms with Crippen LogP contribution in [0.2, 0.25) is 0 Å². The van der Waals surface area contributed by atoms with Crippen LogP contribution in [-0.2, 0) is 4.74 Å². The van der Waals surface area contributed by atoms with Crippen LogP contribution >= 0.6 is 0 Å². The maximum atomic E-state index is 5.40. The lowest BCUT2D eigenvalue weighted by atomic mass is 9.94. The summed E-state index contributed by atoms with van der Waals surface area (Å²) in [4.78, 5) is 9.10. The summed E-state index contributed by atoms with van der Waals surface area (Å²) in [5, 5.41) is 6.97. The Morgan fingerprint density at radius 2 is 1.79 bits per heavy atom. The lowest BCUT2D eigenvalue weighted by Gasteiger charge is -2.27. The minimum absolute atomic E-state index is 0.478. The third kappa shape index (κ3) is 3.22. The lowest BCUT2D eigenvalue weighted by Crippen LogP contribution is -2.31. The number of rotatable bonds is 3. The molecule has 2 aliphatic heterocycles. The average Bonchev–Trinajstić information content (AvgIpc) is 2.50. The van der Waals surface area contributed by atoms with E-state index in [0.717, 1.165) is 63.5 Å². The molecule has 5 heteroatoms. The molecule has 0 aromatic carbocycles. The largest absolute Gasteiger partial charge is 0.381 e. The Kier molecular flexibility index (Phi) is 4.25. The predicted molar refractivity (Wildman–Crippen MR) is 74.3 cm³/mol. The van der Waals surface area contributed by atoms with Gasteiger partial charge in [-0.15, -0.1) is 0 Å². The number of nitrogens with zero attached hydrogens (tertiary/aromatic N) is 2. The van der Waals surface area contributed by atoms with Crippen LogP contribution < -0.4 is 10.6 Å². The second kappa shape index (κ2) is 6.30. The number of hydrogen-bond acceptors (Lipinski definition) is 5. The van der Waals surface area contributed by atoms with Gasteiger partial charge in [-0.3, -0.25) is 4.98 Å². The number of aromatic nitrogens is 2. The summed E-state index contributed by atoms with van der Waals surface area (Å²) >= 11 is 0. The van der Waals surface area contributed by atoms with Crippen molar-refractivity contribution in [3.8, 4) is 0 Å². The molecule has 0 amide bonds. The van der Waals surface area contributed by atoms with Crippen molar-refractivity contribution in [1.29, 1.82) is 0 Å². The van der Waals surface area contributed by atoms with Crippen molar-refractivity contribution in [3.05, 3.63) is 18.1 Å². The Hall–Kier alpha value is -1.20. The zero-order valence-corrected chi connectivity index (χ0v) is 11.3. The van der Waals surface area contributed by atoms with Gasteiger partial charge in [-0.25, -0.2) is 4.98 Å². The van der Waals surface area contributed by atoms with Crippen LogP contribution in [0, 0.1) is 0 Å². The Morgan fingerprint density at radius 3 is 2.58 bits per heavy atom. The normalized spacial score (nSPS) is 22.3. The van der Waals surface area contributed by atoms with Crippen LogP contribution in [0.25, 0.3) is 0 Å². The molecule has 0 spiro atoms. The van der Waals surface area contributed by atoms with Gasteiger partial charge in [-0.2, -0.15) is 0 Å². The second-order valence-corrected chi connectivity index (χ2v) is 5.35. The first-order valence-corrected chi connectivity index (χ1v) is 7.29. The maximum Gasteiger partial charge on any atom is 0.148 e. The number of piperidine rings is 1. The number of ether oxygens (including phenoxy) is 1. The van der Waals surface area contributed by atoms with E-state index in [2.05, 4.69) is 20.6 Å². The molecule has 2 N–H and O–H groups in total. The maximum absolute atomic E-state index is 5.40. The van der Waals surface area contributed by atoms with Crippen LogP contribution in [0.5, 0.6) is 0 Å². The summed E-state index contributed by atoms with van der Waals surface area (Å²) in [6, 6.07) is 0.478. The molecule has 3 rings (SSSR count). The van der Waals surface area contributed by atoms with Gasteiger partial charge in [0, 0.05) is 37.6 Å². The summed E-state index contributed by atoms with van der Waals surface area (Å²) in [6.07, 6.45) is 8.02. The minimum atomic E-state index is 0.478. The van der Waals surface area contributed by atoms with Gasteiger partial charge in [0.1, 0.15) is 5.82 Å². The summed E-state index contributed by atoms with van der Waals surface area (Å²) in [5.74, 6) is 1.53. The first-order valence-electron chi connectivity index (χ1n) is 7.29. The molecule has 104 valence electrons. The molecular formula is C14H22N4O. The molecular weight excluding hydrogens is 240 g/mol. The molecule has 0 radical (unpaired) electrons. The number of nitrogens with one attached hydrogen (secondary N) is 2. The van der Waals surface area contributed by atoms with E-state index in [4.69, 9.17) is 4.74 Å². The highest BCUT2D eigenvalue weighted by molar-refractivity contribution is 5.42. The summed E-state index contributed by atoms with van der Waals surface area (Å²) < 4.78 is 5.40. The SMILES string of the molecule is c1cnc(C2CCNCC2)c(NC2CCOCC2)n1. The van der Waals surface area contributed by atoms with E-state index in [0.29, 0.717) is 12.0 Å². The molecule has 1 aromatic rings. The van der Waals surface area contributed by atoms with E-state index < -0.39 is 0 Å². The molecule has 0 unspecified atom stereocenters. The fraction of sp³-hybridized carbons (Fsp3) is 0.714. The van der Waals surface area contributed by atoms with Crippen LogP contribution in [0.4, 0.5) is 5.82 Å². The fourth-order valence-electron chi connectivity index (χ4n) is 2.89. The van der Waals surface area contributed by atoms with E-state index in [1.165, 1.54) is 0 Å². The van der Waals surface area contributed by atoms with Crippen molar-refractivity contribution >= 4 is 5.82 Å². The molecule has 3 heterocycles. The zero-order valence-electron chi connectivity index (χ0n) is 11.3. The Labute approximate surface area is 114 Å². The molecule has 2 fully saturated rings. The highest BCUT2D eigenvalue weighted by Gasteiger charge is 2.22. The number of hydrogen-bond donors (Lipinski definition) is 2. The summed E-state index contributed by atoms with van der Waals surface area (Å²) in [5.41, 5.74) is 1.15. The Morgan fingerprint density at radius 1 is 1.05 bits per heavy atom. The standard InChI is InChI=1S/C14H22N4O/c1-5-15-6-2-11(1)13-14(17-8-7-16-13)18-12-3-9-19-10-4-12/h7-8,11-12,15H,1-6,9-10H2,(H,17,18). The van der Waals surface area contributed by atoms with Crippen molar-refractivity contribution in [2.45, 2.75) is 37.6 Å². The van der Waals surface area contributed by atoms with Gasteiger partial charge >= 0.3 is 0 Å². The van der Waals surface area contributed by atoms with Gasteiger partial charge in [0.2, 0.25) is 0 Å². The Balaban J connectivity index is 1.72. The fourth-order valence-corrected chi connectivity index (χ4v) is 2.89. The van der Waals surface area contributed by atoms with E-state index in [1.807, 2.05) is 6.20 Å². The average molecular weight is 262 g/mol. The highest BCUT2D eigenvalue weighted by Crippen LogP contribution is 2.28. The topological polar surface area (TPSA) is 59.1 Å². The van der Waals surface area contributed by atoms with Gasteiger partial charge in [0.25, 0.3) is 0 Å². The molecule has 0 atom stereocenters. The second-order valence-electron chi connectivity index (χ2n) is 5.35. The van der Waals surface area contributed by atoms with E-state index >= 15 is 0 Å². The molecule has 0 bridgehead atoms. The highest BCUT2D eigenvalue weighted by atomic mass is 16.5. The first kappa shape index (κ1) is 12.8. The molecule has 19 heavy (non-hydrogen) atoms. The predicted octanol–water partition coefficient (Wildman–Crippen LogP) is 1.53. The number of anilines is 1. The van der Waals surface area contributed by atoms with E-state index in [1.54, 1.807) is 6.20 Å². The molecule has 2 aliphatic rings.